The Morgan fingerprint density at radius 2 is 2.35 bits per heavy atom. The maximum absolute atomic E-state index is 10.5. The fraction of sp³-hybridized carbons (Fsp3) is 0.222. The van der Waals surface area contributed by atoms with E-state index in [1.54, 1.807) is 6.20 Å². The van der Waals surface area contributed by atoms with E-state index in [4.69, 9.17) is 10.3 Å². The number of nitrogens with two attached hydrogens (primary N) is 1. The minimum absolute atomic E-state index is 0.0584. The average Bonchev–Trinajstić information content (AvgIpc) is 2.78. The second kappa shape index (κ2) is 5.12. The lowest BCUT2D eigenvalue weighted by Gasteiger charge is -1.95. The molecule has 0 aliphatic rings. The van der Waals surface area contributed by atoms with Crippen molar-refractivity contribution in [1.82, 2.24) is 25.4 Å². The van der Waals surface area contributed by atoms with Gasteiger partial charge in [-0.1, -0.05) is 5.16 Å². The van der Waals surface area contributed by atoms with E-state index in [1.807, 2.05) is 0 Å². The molecule has 2 aromatic heterocycles. The van der Waals surface area contributed by atoms with E-state index in [0.717, 1.165) is 0 Å². The zero-order chi connectivity index (χ0) is 12.1. The SMILES string of the molecule is NC(=O)CNCc1nc(-c2cnccn2)no1. The molecule has 0 unspecified atom stereocenters. The van der Waals surface area contributed by atoms with Crippen LogP contribution in [-0.2, 0) is 11.3 Å². The third-order valence-corrected chi connectivity index (χ3v) is 1.84. The van der Waals surface area contributed by atoms with Gasteiger partial charge in [0.05, 0.1) is 19.3 Å². The Morgan fingerprint density at radius 1 is 1.47 bits per heavy atom. The monoisotopic (exact) mass is 234 g/mol. The van der Waals surface area contributed by atoms with Crippen LogP contribution in [0.1, 0.15) is 5.89 Å². The van der Waals surface area contributed by atoms with Crippen molar-refractivity contribution >= 4 is 5.91 Å². The van der Waals surface area contributed by atoms with Crippen LogP contribution >= 0.6 is 0 Å². The highest BCUT2D eigenvalue weighted by atomic mass is 16.5. The van der Waals surface area contributed by atoms with Crippen molar-refractivity contribution in [3.63, 3.8) is 0 Å². The van der Waals surface area contributed by atoms with Gasteiger partial charge in [0.1, 0.15) is 5.69 Å². The van der Waals surface area contributed by atoms with Crippen LogP contribution in [0.4, 0.5) is 0 Å². The number of nitrogens with one attached hydrogen (secondary N) is 1. The van der Waals surface area contributed by atoms with E-state index in [-0.39, 0.29) is 13.1 Å². The highest BCUT2D eigenvalue weighted by Crippen LogP contribution is 2.10. The summed E-state index contributed by atoms with van der Waals surface area (Å²) in [7, 11) is 0. The molecule has 1 amide bonds. The Morgan fingerprint density at radius 3 is 3.06 bits per heavy atom. The summed E-state index contributed by atoms with van der Waals surface area (Å²) in [5.41, 5.74) is 5.49. The van der Waals surface area contributed by atoms with Gasteiger partial charge in [0.15, 0.2) is 0 Å². The van der Waals surface area contributed by atoms with Gasteiger partial charge in [-0.15, -0.1) is 0 Å². The summed E-state index contributed by atoms with van der Waals surface area (Å²) in [5.74, 6) is 0.263. The largest absolute Gasteiger partial charge is 0.369 e. The van der Waals surface area contributed by atoms with Crippen LogP contribution < -0.4 is 11.1 Å². The van der Waals surface area contributed by atoms with Crippen LogP contribution in [0.3, 0.4) is 0 Å². The molecule has 2 aromatic rings. The second-order valence-electron chi connectivity index (χ2n) is 3.17. The number of aromatic nitrogens is 4. The fourth-order valence-corrected chi connectivity index (χ4v) is 1.14. The molecule has 17 heavy (non-hydrogen) atoms. The van der Waals surface area contributed by atoms with Gasteiger partial charge in [0.25, 0.3) is 0 Å². The second-order valence-corrected chi connectivity index (χ2v) is 3.17. The summed E-state index contributed by atoms with van der Waals surface area (Å²) in [6.45, 7) is 0.332. The van der Waals surface area contributed by atoms with Crippen molar-refractivity contribution in [2.75, 3.05) is 6.54 Å². The first-order valence-electron chi connectivity index (χ1n) is 4.83. The lowest BCUT2D eigenvalue weighted by Crippen LogP contribution is -2.28. The van der Waals surface area contributed by atoms with Crippen molar-refractivity contribution < 1.29 is 9.32 Å². The van der Waals surface area contributed by atoms with Crippen LogP contribution in [0.15, 0.2) is 23.1 Å². The minimum Gasteiger partial charge on any atom is -0.369 e. The van der Waals surface area contributed by atoms with Crippen LogP contribution in [0.5, 0.6) is 0 Å². The molecule has 0 atom stereocenters. The molecule has 3 N–H and O–H groups in total. The molecule has 0 aliphatic carbocycles. The number of amides is 1. The van der Waals surface area contributed by atoms with Crippen LogP contribution in [-0.4, -0.2) is 32.6 Å². The summed E-state index contributed by atoms with van der Waals surface area (Å²) in [5, 5.41) is 6.50. The quantitative estimate of drug-likeness (QED) is 0.687. The van der Waals surface area contributed by atoms with Crippen molar-refractivity contribution in [3.8, 4) is 11.5 Å². The van der Waals surface area contributed by atoms with Gasteiger partial charge in [-0.05, 0) is 0 Å². The smallest absolute Gasteiger partial charge is 0.240 e. The topological polar surface area (TPSA) is 120 Å². The lowest BCUT2D eigenvalue weighted by atomic mass is 10.4. The van der Waals surface area contributed by atoms with Crippen LogP contribution in [0, 0.1) is 0 Å². The van der Waals surface area contributed by atoms with Gasteiger partial charge in [0, 0.05) is 12.4 Å². The summed E-state index contributed by atoms with van der Waals surface area (Å²) < 4.78 is 4.96. The molecule has 0 bridgehead atoms. The molecule has 88 valence electrons. The molecule has 2 rings (SSSR count). The molecule has 0 aromatic carbocycles. The highest BCUT2D eigenvalue weighted by Gasteiger charge is 2.09. The zero-order valence-corrected chi connectivity index (χ0v) is 8.83. The van der Waals surface area contributed by atoms with E-state index >= 15 is 0 Å². The Hall–Kier alpha value is -2.35. The Kier molecular flexibility index (Phi) is 3.36. The molecule has 0 radical (unpaired) electrons. The van der Waals surface area contributed by atoms with Crippen molar-refractivity contribution in [2.45, 2.75) is 6.54 Å². The predicted molar refractivity (Wildman–Crippen MR) is 56.2 cm³/mol. The third-order valence-electron chi connectivity index (χ3n) is 1.84. The first-order valence-corrected chi connectivity index (χ1v) is 4.83. The molecule has 8 nitrogen and oxygen atoms in total. The maximum Gasteiger partial charge on any atom is 0.240 e. The van der Waals surface area contributed by atoms with Crippen LogP contribution in [0.25, 0.3) is 11.5 Å². The van der Waals surface area contributed by atoms with Crippen molar-refractivity contribution in [2.24, 2.45) is 5.73 Å². The Bertz CT molecular complexity index is 497. The van der Waals surface area contributed by atoms with Gasteiger partial charge >= 0.3 is 0 Å². The molecule has 0 saturated carbocycles. The molecule has 0 fully saturated rings. The van der Waals surface area contributed by atoms with E-state index in [9.17, 15) is 4.79 Å². The van der Waals surface area contributed by atoms with Gasteiger partial charge < -0.3 is 10.3 Å². The Balaban J connectivity index is 1.99. The first kappa shape index (κ1) is 11.1. The predicted octanol–water partition coefficient (Wildman–Crippen LogP) is -0.899. The van der Waals surface area contributed by atoms with Gasteiger partial charge in [-0.2, -0.15) is 4.98 Å². The van der Waals surface area contributed by atoms with Gasteiger partial charge in [0.2, 0.25) is 17.6 Å². The lowest BCUT2D eigenvalue weighted by molar-refractivity contribution is -0.117. The van der Waals surface area contributed by atoms with E-state index in [2.05, 4.69) is 25.4 Å². The number of primary amides is 1. The molecular weight excluding hydrogens is 224 g/mol. The number of nitrogens with zero attached hydrogens (tertiary/aromatic N) is 4. The molecule has 0 saturated heterocycles. The maximum atomic E-state index is 10.5. The third kappa shape index (κ3) is 3.05. The summed E-state index contributed by atoms with van der Waals surface area (Å²) >= 11 is 0. The fourth-order valence-electron chi connectivity index (χ4n) is 1.14. The van der Waals surface area contributed by atoms with Crippen molar-refractivity contribution in [1.29, 1.82) is 0 Å². The highest BCUT2D eigenvalue weighted by molar-refractivity contribution is 5.75. The standard InChI is InChI=1S/C9H10N6O2/c10-7(16)4-12-5-8-14-9(15-17-8)6-3-11-1-2-13-6/h1-3,12H,4-5H2,(H2,10,16). The summed E-state index contributed by atoms with van der Waals surface area (Å²) in [4.78, 5) is 22.5. The molecule has 0 aliphatic heterocycles. The van der Waals surface area contributed by atoms with E-state index in [0.29, 0.717) is 17.4 Å². The molecule has 8 heteroatoms. The van der Waals surface area contributed by atoms with E-state index in [1.165, 1.54) is 12.4 Å². The van der Waals surface area contributed by atoms with Crippen molar-refractivity contribution in [3.05, 3.63) is 24.5 Å². The molecular formula is C9H10N6O2. The number of rotatable bonds is 5. The minimum atomic E-state index is -0.446. The average molecular weight is 234 g/mol. The number of hydrogen-bond donors (Lipinski definition) is 2. The van der Waals surface area contributed by atoms with Crippen LogP contribution in [0.2, 0.25) is 0 Å². The van der Waals surface area contributed by atoms with Gasteiger partial charge in [-0.3, -0.25) is 15.1 Å². The molecule has 2 heterocycles. The number of carbonyl (C=O) groups is 1. The Labute approximate surface area is 96.3 Å². The molecule has 0 spiro atoms. The normalized spacial score (nSPS) is 10.4. The van der Waals surface area contributed by atoms with E-state index < -0.39 is 5.91 Å². The number of carbonyl (C=O) groups excluding carboxylic acids is 1. The van der Waals surface area contributed by atoms with Gasteiger partial charge in [-0.25, -0.2) is 4.98 Å². The number of hydrogen-bond acceptors (Lipinski definition) is 7. The summed E-state index contributed by atoms with van der Waals surface area (Å²) in [6, 6.07) is 0. The first-order chi connectivity index (χ1) is 8.25. The summed E-state index contributed by atoms with van der Waals surface area (Å²) in [6.07, 6.45) is 4.63. The zero-order valence-electron chi connectivity index (χ0n) is 8.83.